The van der Waals surface area contributed by atoms with E-state index in [1.54, 1.807) is 6.20 Å². The third-order valence-electron chi connectivity index (χ3n) is 4.42. The third-order valence-corrected chi connectivity index (χ3v) is 4.42. The van der Waals surface area contributed by atoms with Crippen molar-refractivity contribution in [1.29, 1.82) is 0 Å². The van der Waals surface area contributed by atoms with Crippen LogP contribution in [-0.2, 0) is 14.3 Å². The standard InChI is InChI=1S/C17H24N2O3/c20-16(7-6-14-5-1-2-10-21-14)19-15-8-11-22-17(15)13-4-3-9-18-12-13/h3-4,9,12,14-15,17H,1-2,5-8,10-11H2,(H,19,20)/t14?,15-,17+/m0/s1. The number of amides is 1. The molecule has 0 radical (unpaired) electrons. The van der Waals surface area contributed by atoms with Gasteiger partial charge in [-0.15, -0.1) is 0 Å². The van der Waals surface area contributed by atoms with Gasteiger partial charge in [0.1, 0.15) is 6.10 Å². The first kappa shape index (κ1) is 15.4. The average molecular weight is 304 g/mol. The van der Waals surface area contributed by atoms with Gasteiger partial charge < -0.3 is 14.8 Å². The van der Waals surface area contributed by atoms with Crippen molar-refractivity contribution >= 4 is 5.91 Å². The molecule has 3 atom stereocenters. The molecule has 22 heavy (non-hydrogen) atoms. The van der Waals surface area contributed by atoms with Crippen molar-refractivity contribution in [3.63, 3.8) is 0 Å². The summed E-state index contributed by atoms with van der Waals surface area (Å²) in [5.74, 6) is 0.0959. The largest absolute Gasteiger partial charge is 0.378 e. The van der Waals surface area contributed by atoms with E-state index in [1.807, 2.05) is 18.3 Å². The van der Waals surface area contributed by atoms with Crippen molar-refractivity contribution in [2.24, 2.45) is 0 Å². The van der Waals surface area contributed by atoms with Gasteiger partial charge in [0.15, 0.2) is 0 Å². The van der Waals surface area contributed by atoms with E-state index in [4.69, 9.17) is 9.47 Å². The van der Waals surface area contributed by atoms with Crippen LogP contribution in [-0.4, -0.2) is 36.3 Å². The molecular weight excluding hydrogens is 280 g/mol. The topological polar surface area (TPSA) is 60.5 Å². The molecule has 120 valence electrons. The molecule has 2 saturated heterocycles. The number of carbonyl (C=O) groups excluding carboxylic acids is 1. The van der Waals surface area contributed by atoms with Crippen LogP contribution in [0.5, 0.6) is 0 Å². The molecule has 0 aromatic carbocycles. The Labute approximate surface area is 131 Å². The maximum absolute atomic E-state index is 12.2. The highest BCUT2D eigenvalue weighted by Gasteiger charge is 2.31. The lowest BCUT2D eigenvalue weighted by Crippen LogP contribution is -2.37. The van der Waals surface area contributed by atoms with Crippen molar-refractivity contribution in [2.75, 3.05) is 13.2 Å². The van der Waals surface area contributed by atoms with Crippen LogP contribution in [0, 0.1) is 0 Å². The van der Waals surface area contributed by atoms with Crippen molar-refractivity contribution in [3.05, 3.63) is 30.1 Å². The van der Waals surface area contributed by atoms with Gasteiger partial charge >= 0.3 is 0 Å². The number of carbonyl (C=O) groups is 1. The molecule has 1 aromatic rings. The zero-order chi connectivity index (χ0) is 15.2. The molecule has 1 amide bonds. The molecule has 1 unspecified atom stereocenters. The highest BCUT2D eigenvalue weighted by Crippen LogP contribution is 2.28. The van der Waals surface area contributed by atoms with Crippen LogP contribution in [0.2, 0.25) is 0 Å². The molecule has 0 aliphatic carbocycles. The average Bonchev–Trinajstić information content (AvgIpc) is 3.03. The lowest BCUT2D eigenvalue weighted by Gasteiger charge is -2.23. The zero-order valence-electron chi connectivity index (χ0n) is 12.9. The molecule has 2 fully saturated rings. The minimum atomic E-state index is -0.0800. The Balaban J connectivity index is 1.48. The maximum Gasteiger partial charge on any atom is 0.220 e. The van der Waals surface area contributed by atoms with Crippen LogP contribution < -0.4 is 5.32 Å². The number of aromatic nitrogens is 1. The van der Waals surface area contributed by atoms with Crippen LogP contribution >= 0.6 is 0 Å². The van der Waals surface area contributed by atoms with Gasteiger partial charge in [-0.05, 0) is 38.2 Å². The lowest BCUT2D eigenvalue weighted by atomic mass is 10.0. The number of rotatable bonds is 5. The SMILES string of the molecule is O=C(CCC1CCCCO1)N[C@H]1CCO[C@@H]1c1cccnc1. The first-order valence-electron chi connectivity index (χ1n) is 8.25. The quantitative estimate of drug-likeness (QED) is 0.907. The summed E-state index contributed by atoms with van der Waals surface area (Å²) >= 11 is 0. The summed E-state index contributed by atoms with van der Waals surface area (Å²) in [6.07, 6.45) is 9.38. The van der Waals surface area contributed by atoms with Crippen molar-refractivity contribution in [3.8, 4) is 0 Å². The summed E-state index contributed by atoms with van der Waals surface area (Å²) in [6, 6.07) is 3.94. The number of pyridine rings is 1. The summed E-state index contributed by atoms with van der Waals surface area (Å²) in [5.41, 5.74) is 1.03. The fourth-order valence-electron chi connectivity index (χ4n) is 3.22. The smallest absolute Gasteiger partial charge is 0.220 e. The third kappa shape index (κ3) is 4.05. The number of hydrogen-bond acceptors (Lipinski definition) is 4. The van der Waals surface area contributed by atoms with Crippen molar-refractivity contribution in [1.82, 2.24) is 10.3 Å². The second-order valence-electron chi connectivity index (χ2n) is 6.07. The van der Waals surface area contributed by atoms with Crippen molar-refractivity contribution < 1.29 is 14.3 Å². The molecular formula is C17H24N2O3. The minimum Gasteiger partial charge on any atom is -0.378 e. The molecule has 3 rings (SSSR count). The molecule has 2 aliphatic rings. The summed E-state index contributed by atoms with van der Waals surface area (Å²) in [6.45, 7) is 1.52. The highest BCUT2D eigenvalue weighted by molar-refractivity contribution is 5.76. The van der Waals surface area contributed by atoms with Crippen LogP contribution in [0.4, 0.5) is 0 Å². The number of nitrogens with one attached hydrogen (secondary N) is 1. The van der Waals surface area contributed by atoms with Gasteiger partial charge in [0.2, 0.25) is 5.91 Å². The molecule has 1 N–H and O–H groups in total. The van der Waals surface area contributed by atoms with Gasteiger partial charge in [-0.3, -0.25) is 9.78 Å². The van der Waals surface area contributed by atoms with Crippen molar-refractivity contribution in [2.45, 2.75) is 56.8 Å². The van der Waals surface area contributed by atoms with Crippen LogP contribution in [0.15, 0.2) is 24.5 Å². The van der Waals surface area contributed by atoms with Crippen LogP contribution in [0.3, 0.4) is 0 Å². The Hall–Kier alpha value is -1.46. The molecule has 2 aliphatic heterocycles. The molecule has 0 spiro atoms. The highest BCUT2D eigenvalue weighted by atomic mass is 16.5. The molecule has 5 nitrogen and oxygen atoms in total. The van der Waals surface area contributed by atoms with E-state index in [-0.39, 0.29) is 24.2 Å². The Morgan fingerprint density at radius 1 is 1.27 bits per heavy atom. The predicted molar refractivity (Wildman–Crippen MR) is 82.3 cm³/mol. The monoisotopic (exact) mass is 304 g/mol. The second kappa shape index (κ2) is 7.70. The fraction of sp³-hybridized carbons (Fsp3) is 0.647. The van der Waals surface area contributed by atoms with Gasteiger partial charge in [0.05, 0.1) is 12.1 Å². The zero-order valence-corrected chi connectivity index (χ0v) is 12.9. The maximum atomic E-state index is 12.2. The first-order valence-corrected chi connectivity index (χ1v) is 8.25. The van der Waals surface area contributed by atoms with E-state index in [0.717, 1.165) is 37.9 Å². The summed E-state index contributed by atoms with van der Waals surface area (Å²) in [5, 5.41) is 3.12. The number of ether oxygens (including phenoxy) is 2. The van der Waals surface area contributed by atoms with E-state index in [1.165, 1.54) is 6.42 Å². The Morgan fingerprint density at radius 2 is 2.23 bits per heavy atom. The molecule has 0 saturated carbocycles. The Bertz CT molecular complexity index is 474. The van der Waals surface area contributed by atoms with Crippen LogP contribution in [0.25, 0.3) is 0 Å². The van der Waals surface area contributed by atoms with E-state index >= 15 is 0 Å². The van der Waals surface area contributed by atoms with Gasteiger partial charge in [-0.25, -0.2) is 0 Å². The van der Waals surface area contributed by atoms with Gasteiger partial charge in [-0.2, -0.15) is 0 Å². The van der Waals surface area contributed by atoms with Crippen LogP contribution in [0.1, 0.15) is 50.2 Å². The summed E-state index contributed by atoms with van der Waals surface area (Å²) in [7, 11) is 0. The van der Waals surface area contributed by atoms with Gasteiger partial charge in [-0.1, -0.05) is 6.07 Å². The lowest BCUT2D eigenvalue weighted by molar-refractivity contribution is -0.123. The molecule has 3 heterocycles. The normalized spacial score (nSPS) is 28.5. The van der Waals surface area contributed by atoms with E-state index < -0.39 is 0 Å². The fourth-order valence-corrected chi connectivity index (χ4v) is 3.22. The Morgan fingerprint density at radius 3 is 3.00 bits per heavy atom. The minimum absolute atomic E-state index is 0.0453. The number of nitrogens with zero attached hydrogens (tertiary/aromatic N) is 1. The van der Waals surface area contributed by atoms with Gasteiger partial charge in [0.25, 0.3) is 0 Å². The predicted octanol–water partition coefficient (Wildman–Crippen LogP) is 2.38. The molecule has 0 bridgehead atoms. The summed E-state index contributed by atoms with van der Waals surface area (Å²) < 4.78 is 11.4. The summed E-state index contributed by atoms with van der Waals surface area (Å²) in [4.78, 5) is 16.3. The van der Waals surface area contributed by atoms with E-state index in [2.05, 4.69) is 10.3 Å². The Kier molecular flexibility index (Phi) is 5.40. The first-order chi connectivity index (χ1) is 10.8. The molecule has 5 heteroatoms. The van der Waals surface area contributed by atoms with E-state index in [0.29, 0.717) is 13.0 Å². The number of hydrogen-bond donors (Lipinski definition) is 1. The molecule has 1 aromatic heterocycles. The van der Waals surface area contributed by atoms with Gasteiger partial charge in [0, 0.05) is 37.6 Å². The second-order valence-corrected chi connectivity index (χ2v) is 6.07. The van der Waals surface area contributed by atoms with E-state index in [9.17, 15) is 4.79 Å².